The molecule has 0 aliphatic carbocycles. The number of anilines is 1. The Hall–Kier alpha value is -3.06. The number of urea groups is 1. The Morgan fingerprint density at radius 2 is 1.81 bits per heavy atom. The second-order valence-electron chi connectivity index (χ2n) is 6.42. The number of aliphatic hydroxyl groups is 1. The lowest BCUT2D eigenvalue weighted by Gasteiger charge is -2.24. The Morgan fingerprint density at radius 3 is 2.44 bits per heavy atom. The first-order chi connectivity index (χ1) is 12.8. The van der Waals surface area contributed by atoms with E-state index < -0.39 is 11.6 Å². The SMILES string of the molecule is COc1ccc(C(C)(O)CNC(=O)NCc2cccc(NC(C)=O)c2)cc1. The summed E-state index contributed by atoms with van der Waals surface area (Å²) in [6.07, 6.45) is 0. The van der Waals surface area contributed by atoms with Crippen molar-refractivity contribution >= 4 is 17.6 Å². The number of carbonyl (C=O) groups excluding carboxylic acids is 2. The highest BCUT2D eigenvalue weighted by Gasteiger charge is 2.23. The number of carbonyl (C=O) groups is 2. The van der Waals surface area contributed by atoms with Gasteiger partial charge in [0.15, 0.2) is 0 Å². The zero-order valence-electron chi connectivity index (χ0n) is 15.7. The highest BCUT2D eigenvalue weighted by atomic mass is 16.5. The van der Waals surface area contributed by atoms with E-state index in [9.17, 15) is 14.7 Å². The number of methoxy groups -OCH3 is 1. The van der Waals surface area contributed by atoms with Gasteiger partial charge in [-0.2, -0.15) is 0 Å². The average molecular weight is 371 g/mol. The average Bonchev–Trinajstić information content (AvgIpc) is 2.64. The first-order valence-corrected chi connectivity index (χ1v) is 8.55. The van der Waals surface area contributed by atoms with Crippen molar-refractivity contribution in [1.29, 1.82) is 0 Å². The topological polar surface area (TPSA) is 99.7 Å². The molecule has 0 saturated carbocycles. The van der Waals surface area contributed by atoms with E-state index in [2.05, 4.69) is 16.0 Å². The van der Waals surface area contributed by atoms with Gasteiger partial charge in [-0.25, -0.2) is 4.79 Å². The molecule has 0 heterocycles. The van der Waals surface area contributed by atoms with E-state index in [0.29, 0.717) is 23.5 Å². The molecule has 4 N–H and O–H groups in total. The highest BCUT2D eigenvalue weighted by Crippen LogP contribution is 2.22. The van der Waals surface area contributed by atoms with Crippen molar-refractivity contribution < 1.29 is 19.4 Å². The van der Waals surface area contributed by atoms with Crippen LogP contribution in [-0.4, -0.2) is 30.7 Å². The second-order valence-corrected chi connectivity index (χ2v) is 6.42. The molecule has 0 aromatic heterocycles. The van der Waals surface area contributed by atoms with E-state index in [1.54, 1.807) is 56.5 Å². The lowest BCUT2D eigenvalue weighted by atomic mass is 9.96. The van der Waals surface area contributed by atoms with Gasteiger partial charge in [0.2, 0.25) is 5.91 Å². The minimum absolute atomic E-state index is 0.0527. The van der Waals surface area contributed by atoms with Gasteiger partial charge in [-0.05, 0) is 42.3 Å². The molecule has 2 aromatic carbocycles. The number of benzene rings is 2. The van der Waals surface area contributed by atoms with Crippen molar-refractivity contribution in [3.63, 3.8) is 0 Å². The summed E-state index contributed by atoms with van der Waals surface area (Å²) in [5, 5.41) is 18.7. The predicted molar refractivity (Wildman–Crippen MR) is 104 cm³/mol. The van der Waals surface area contributed by atoms with Gasteiger partial charge in [-0.15, -0.1) is 0 Å². The first-order valence-electron chi connectivity index (χ1n) is 8.55. The number of hydrogen-bond donors (Lipinski definition) is 4. The Kier molecular flexibility index (Phi) is 6.79. The molecule has 0 radical (unpaired) electrons. The first kappa shape index (κ1) is 20.3. The standard InChI is InChI=1S/C20H25N3O4/c1-14(24)23-17-6-4-5-15(11-17)12-21-19(25)22-13-20(2,26)16-7-9-18(27-3)10-8-16/h4-11,26H,12-13H2,1-3H3,(H,23,24)(H2,21,22,25). The molecule has 0 fully saturated rings. The van der Waals surface area contributed by atoms with Gasteiger partial charge in [0.25, 0.3) is 0 Å². The van der Waals surface area contributed by atoms with E-state index in [-0.39, 0.29) is 12.5 Å². The lowest BCUT2D eigenvalue weighted by Crippen LogP contribution is -2.43. The third-order valence-electron chi connectivity index (χ3n) is 4.01. The zero-order chi connectivity index (χ0) is 19.9. The van der Waals surface area contributed by atoms with Gasteiger partial charge in [0.1, 0.15) is 11.4 Å². The van der Waals surface area contributed by atoms with E-state index in [0.717, 1.165) is 5.56 Å². The molecule has 0 aliphatic rings. The summed E-state index contributed by atoms with van der Waals surface area (Å²) < 4.78 is 5.10. The smallest absolute Gasteiger partial charge is 0.315 e. The van der Waals surface area contributed by atoms with Crippen molar-refractivity contribution in [3.8, 4) is 5.75 Å². The summed E-state index contributed by atoms with van der Waals surface area (Å²) >= 11 is 0. The van der Waals surface area contributed by atoms with E-state index in [1.807, 2.05) is 6.07 Å². The molecule has 7 heteroatoms. The summed E-state index contributed by atoms with van der Waals surface area (Å²) in [7, 11) is 1.57. The third kappa shape index (κ3) is 6.31. The Bertz CT molecular complexity index is 788. The minimum atomic E-state index is -1.21. The van der Waals surface area contributed by atoms with Gasteiger partial charge in [-0.3, -0.25) is 4.79 Å². The molecule has 0 spiro atoms. The fourth-order valence-corrected chi connectivity index (χ4v) is 2.51. The molecule has 7 nitrogen and oxygen atoms in total. The summed E-state index contributed by atoms with van der Waals surface area (Å²) in [6.45, 7) is 3.42. The number of ether oxygens (including phenoxy) is 1. The molecule has 3 amide bonds. The van der Waals surface area contributed by atoms with Crippen molar-refractivity contribution in [1.82, 2.24) is 10.6 Å². The molecular weight excluding hydrogens is 346 g/mol. The number of amides is 3. The molecule has 2 rings (SSSR count). The molecule has 0 bridgehead atoms. The van der Waals surface area contributed by atoms with Crippen LogP contribution in [0.4, 0.5) is 10.5 Å². The van der Waals surface area contributed by atoms with Crippen LogP contribution in [0.5, 0.6) is 5.75 Å². The van der Waals surface area contributed by atoms with Gasteiger partial charge >= 0.3 is 6.03 Å². The largest absolute Gasteiger partial charge is 0.497 e. The molecule has 0 aliphatic heterocycles. The van der Waals surface area contributed by atoms with Crippen molar-refractivity contribution in [3.05, 3.63) is 59.7 Å². The monoisotopic (exact) mass is 371 g/mol. The van der Waals surface area contributed by atoms with E-state index >= 15 is 0 Å². The number of nitrogens with one attached hydrogen (secondary N) is 3. The third-order valence-corrected chi connectivity index (χ3v) is 4.01. The maximum atomic E-state index is 12.0. The van der Waals surface area contributed by atoms with E-state index in [4.69, 9.17) is 4.74 Å². The summed E-state index contributed by atoms with van der Waals surface area (Å²) in [4.78, 5) is 23.1. The van der Waals surface area contributed by atoms with Crippen molar-refractivity contribution in [2.24, 2.45) is 0 Å². The molecular formula is C20H25N3O4. The maximum absolute atomic E-state index is 12.0. The number of hydrogen-bond acceptors (Lipinski definition) is 4. The van der Waals surface area contributed by atoms with Crippen molar-refractivity contribution in [2.45, 2.75) is 26.0 Å². The molecule has 1 unspecified atom stereocenters. The molecule has 27 heavy (non-hydrogen) atoms. The van der Waals surface area contributed by atoms with Crippen LogP contribution in [0.3, 0.4) is 0 Å². The van der Waals surface area contributed by atoms with Crippen LogP contribution in [0.25, 0.3) is 0 Å². The summed E-state index contributed by atoms with van der Waals surface area (Å²) in [6, 6.07) is 13.8. The second kappa shape index (κ2) is 9.05. The van der Waals surface area contributed by atoms with Gasteiger partial charge in [0, 0.05) is 19.2 Å². The zero-order valence-corrected chi connectivity index (χ0v) is 15.7. The van der Waals surface area contributed by atoms with Crippen LogP contribution in [-0.2, 0) is 16.9 Å². The van der Waals surface area contributed by atoms with Gasteiger partial charge in [-0.1, -0.05) is 24.3 Å². The Balaban J connectivity index is 1.85. The predicted octanol–water partition coefficient (Wildman–Crippen LogP) is 2.36. The van der Waals surface area contributed by atoms with Gasteiger partial charge < -0.3 is 25.8 Å². The molecule has 2 aromatic rings. The lowest BCUT2D eigenvalue weighted by molar-refractivity contribution is -0.114. The Labute approximate surface area is 158 Å². The van der Waals surface area contributed by atoms with Gasteiger partial charge in [0.05, 0.1) is 13.7 Å². The van der Waals surface area contributed by atoms with Crippen LogP contribution in [0.1, 0.15) is 25.0 Å². The molecule has 0 saturated heterocycles. The summed E-state index contributed by atoms with van der Waals surface area (Å²) in [5.74, 6) is 0.542. The van der Waals surface area contributed by atoms with Crippen LogP contribution in [0, 0.1) is 0 Å². The fourth-order valence-electron chi connectivity index (χ4n) is 2.51. The number of rotatable bonds is 7. The molecule has 1 atom stereocenters. The maximum Gasteiger partial charge on any atom is 0.315 e. The fraction of sp³-hybridized carbons (Fsp3) is 0.300. The highest BCUT2D eigenvalue weighted by molar-refractivity contribution is 5.88. The van der Waals surface area contributed by atoms with E-state index in [1.165, 1.54) is 6.92 Å². The Morgan fingerprint density at radius 1 is 1.11 bits per heavy atom. The summed E-state index contributed by atoms with van der Waals surface area (Å²) in [5.41, 5.74) is 0.976. The van der Waals surface area contributed by atoms with Crippen molar-refractivity contribution in [2.75, 3.05) is 19.0 Å². The minimum Gasteiger partial charge on any atom is -0.497 e. The van der Waals surface area contributed by atoms with Crippen LogP contribution >= 0.6 is 0 Å². The van der Waals surface area contributed by atoms with Crippen LogP contribution < -0.4 is 20.7 Å². The normalized spacial score (nSPS) is 12.6. The van der Waals surface area contributed by atoms with Crippen LogP contribution in [0.2, 0.25) is 0 Å². The van der Waals surface area contributed by atoms with Crippen LogP contribution in [0.15, 0.2) is 48.5 Å². The molecule has 144 valence electrons. The quantitative estimate of drug-likeness (QED) is 0.600.